The quantitative estimate of drug-likeness (QED) is 0.817. The predicted molar refractivity (Wildman–Crippen MR) is 65.1 cm³/mol. The van der Waals surface area contributed by atoms with Crippen LogP contribution in [0.5, 0.6) is 11.5 Å². The summed E-state index contributed by atoms with van der Waals surface area (Å²) < 4.78 is 11.5. The van der Waals surface area contributed by atoms with E-state index >= 15 is 0 Å². The highest BCUT2D eigenvalue weighted by atomic mass is 35.5. The molecule has 0 aliphatic carbocycles. The number of nitrogens with zero attached hydrogens (tertiary/aromatic N) is 2. The normalized spacial score (nSPS) is 10.6. The van der Waals surface area contributed by atoms with Crippen molar-refractivity contribution in [3.8, 4) is 11.5 Å². The van der Waals surface area contributed by atoms with Crippen molar-refractivity contribution in [2.45, 2.75) is 0 Å². The number of hydrogen-bond donors (Lipinski definition) is 0. The summed E-state index contributed by atoms with van der Waals surface area (Å²) in [7, 11) is 4.58. The fraction of sp³-hybridized carbons (Fsp3) is 0.273. The molecule has 2 aromatic rings. The number of halogens is 1. The molecule has 1 heterocycles. The smallest absolute Gasteiger partial charge is 0.274 e. The van der Waals surface area contributed by atoms with Crippen LogP contribution in [0, 0.1) is 0 Å². The van der Waals surface area contributed by atoms with E-state index in [9.17, 15) is 4.79 Å². The van der Waals surface area contributed by atoms with Gasteiger partial charge in [-0.2, -0.15) is 5.10 Å². The average molecular weight is 255 g/mol. The van der Waals surface area contributed by atoms with Crippen LogP contribution in [0.15, 0.2) is 16.9 Å². The Hall–Kier alpha value is -1.75. The first-order valence-electron chi connectivity index (χ1n) is 4.87. The largest absolute Gasteiger partial charge is 0.493 e. The molecule has 0 unspecified atom stereocenters. The van der Waals surface area contributed by atoms with Crippen molar-refractivity contribution in [2.75, 3.05) is 14.2 Å². The van der Waals surface area contributed by atoms with Crippen LogP contribution < -0.4 is 15.0 Å². The summed E-state index contributed by atoms with van der Waals surface area (Å²) >= 11 is 5.99. The fourth-order valence-electron chi connectivity index (χ4n) is 1.63. The molecule has 90 valence electrons. The first kappa shape index (κ1) is 11.7. The Kier molecular flexibility index (Phi) is 2.93. The standard InChI is InChI=1S/C11H11ClN2O3/c1-14-11(15)7-5-9(17-3)8(16-2)4-6(7)10(12)13-14/h4-5H,1-3H3. The number of hydrogen-bond acceptors (Lipinski definition) is 4. The van der Waals surface area contributed by atoms with Crippen LogP contribution in [0.2, 0.25) is 5.15 Å². The Morgan fingerprint density at radius 3 is 2.24 bits per heavy atom. The minimum absolute atomic E-state index is 0.231. The summed E-state index contributed by atoms with van der Waals surface area (Å²) in [4.78, 5) is 11.9. The molecule has 1 aromatic carbocycles. The second-order valence-electron chi connectivity index (χ2n) is 3.47. The molecule has 0 aliphatic heterocycles. The van der Waals surface area contributed by atoms with Crippen molar-refractivity contribution in [1.82, 2.24) is 9.78 Å². The Morgan fingerprint density at radius 1 is 1.18 bits per heavy atom. The molecule has 17 heavy (non-hydrogen) atoms. The first-order chi connectivity index (χ1) is 8.08. The monoisotopic (exact) mass is 254 g/mol. The Bertz CT molecular complexity index is 637. The van der Waals surface area contributed by atoms with Crippen molar-refractivity contribution < 1.29 is 9.47 Å². The SMILES string of the molecule is COc1cc2c(Cl)nn(C)c(=O)c2cc1OC. The van der Waals surface area contributed by atoms with Crippen molar-refractivity contribution in [1.29, 1.82) is 0 Å². The molecule has 0 radical (unpaired) electrons. The molecular weight excluding hydrogens is 244 g/mol. The molecule has 0 fully saturated rings. The molecule has 0 atom stereocenters. The summed E-state index contributed by atoms with van der Waals surface area (Å²) in [6.45, 7) is 0. The molecule has 2 rings (SSSR count). The van der Waals surface area contributed by atoms with Gasteiger partial charge in [0.15, 0.2) is 16.7 Å². The molecule has 0 saturated heterocycles. The number of benzene rings is 1. The number of aryl methyl sites for hydroxylation is 1. The Morgan fingerprint density at radius 2 is 1.71 bits per heavy atom. The van der Waals surface area contributed by atoms with Gasteiger partial charge in [-0.05, 0) is 12.1 Å². The van der Waals surface area contributed by atoms with Gasteiger partial charge in [0.2, 0.25) is 0 Å². The lowest BCUT2D eigenvalue weighted by Crippen LogP contribution is -2.19. The summed E-state index contributed by atoms with van der Waals surface area (Å²) in [5.41, 5.74) is -0.231. The van der Waals surface area contributed by atoms with E-state index in [0.29, 0.717) is 22.3 Å². The second kappa shape index (κ2) is 4.25. The van der Waals surface area contributed by atoms with Gasteiger partial charge in [-0.25, -0.2) is 4.68 Å². The number of rotatable bonds is 2. The Labute approximate surface area is 103 Å². The molecule has 0 saturated carbocycles. The van der Waals surface area contributed by atoms with Crippen LogP contribution in [-0.2, 0) is 7.05 Å². The lowest BCUT2D eigenvalue weighted by molar-refractivity contribution is 0.356. The van der Waals surface area contributed by atoms with Gasteiger partial charge >= 0.3 is 0 Å². The van der Waals surface area contributed by atoms with Gasteiger partial charge in [0, 0.05) is 12.4 Å². The zero-order valence-electron chi connectivity index (χ0n) is 9.65. The van der Waals surface area contributed by atoms with Gasteiger partial charge in [-0.15, -0.1) is 0 Å². The van der Waals surface area contributed by atoms with Gasteiger partial charge in [-0.3, -0.25) is 4.79 Å². The van der Waals surface area contributed by atoms with E-state index in [2.05, 4.69) is 5.10 Å². The van der Waals surface area contributed by atoms with Crippen LogP contribution in [0.25, 0.3) is 10.8 Å². The van der Waals surface area contributed by atoms with E-state index in [-0.39, 0.29) is 10.7 Å². The highest BCUT2D eigenvalue weighted by Crippen LogP contribution is 2.32. The molecule has 5 nitrogen and oxygen atoms in total. The zero-order valence-corrected chi connectivity index (χ0v) is 10.4. The van der Waals surface area contributed by atoms with Crippen LogP contribution in [0.3, 0.4) is 0 Å². The molecule has 0 amide bonds. The third-order valence-corrected chi connectivity index (χ3v) is 2.79. The first-order valence-corrected chi connectivity index (χ1v) is 5.24. The maximum atomic E-state index is 11.9. The highest BCUT2D eigenvalue weighted by Gasteiger charge is 2.12. The summed E-state index contributed by atoms with van der Waals surface area (Å²) in [6.07, 6.45) is 0. The van der Waals surface area contributed by atoms with Crippen LogP contribution >= 0.6 is 11.6 Å². The molecule has 6 heteroatoms. The van der Waals surface area contributed by atoms with E-state index in [1.807, 2.05) is 0 Å². The second-order valence-corrected chi connectivity index (χ2v) is 3.83. The third kappa shape index (κ3) is 1.82. The van der Waals surface area contributed by atoms with Gasteiger partial charge < -0.3 is 9.47 Å². The van der Waals surface area contributed by atoms with Gasteiger partial charge in [0.05, 0.1) is 19.6 Å². The van der Waals surface area contributed by atoms with E-state index in [0.717, 1.165) is 0 Å². The maximum absolute atomic E-state index is 11.9. The maximum Gasteiger partial charge on any atom is 0.274 e. The van der Waals surface area contributed by atoms with Gasteiger partial charge in [0.25, 0.3) is 5.56 Å². The summed E-state index contributed by atoms with van der Waals surface area (Å²) in [5, 5.41) is 5.16. The van der Waals surface area contributed by atoms with Crippen molar-refractivity contribution in [3.05, 3.63) is 27.6 Å². The molecule has 0 bridgehead atoms. The molecular formula is C11H11ClN2O3. The molecule has 0 N–H and O–H groups in total. The average Bonchev–Trinajstić information content (AvgIpc) is 2.34. The van der Waals surface area contributed by atoms with E-state index < -0.39 is 0 Å². The fourth-order valence-corrected chi connectivity index (χ4v) is 1.90. The highest BCUT2D eigenvalue weighted by molar-refractivity contribution is 6.34. The molecule has 0 aliphatic rings. The summed E-state index contributed by atoms with van der Waals surface area (Å²) in [6, 6.07) is 3.24. The minimum Gasteiger partial charge on any atom is -0.493 e. The van der Waals surface area contributed by atoms with E-state index in [1.165, 1.54) is 18.9 Å². The number of fused-ring (bicyclic) bond motifs is 1. The Balaban J connectivity index is 2.92. The number of aromatic nitrogens is 2. The summed E-state index contributed by atoms with van der Waals surface area (Å²) in [5.74, 6) is 0.997. The van der Waals surface area contributed by atoms with Crippen molar-refractivity contribution >= 4 is 22.4 Å². The topological polar surface area (TPSA) is 53.4 Å². The van der Waals surface area contributed by atoms with Gasteiger partial charge in [-0.1, -0.05) is 11.6 Å². The lowest BCUT2D eigenvalue weighted by Gasteiger charge is -2.10. The van der Waals surface area contributed by atoms with Crippen LogP contribution in [0.1, 0.15) is 0 Å². The van der Waals surface area contributed by atoms with Crippen molar-refractivity contribution in [3.63, 3.8) is 0 Å². The van der Waals surface area contributed by atoms with Crippen molar-refractivity contribution in [2.24, 2.45) is 7.05 Å². The van der Waals surface area contributed by atoms with Gasteiger partial charge in [0.1, 0.15) is 0 Å². The lowest BCUT2D eigenvalue weighted by atomic mass is 10.2. The zero-order chi connectivity index (χ0) is 12.6. The van der Waals surface area contributed by atoms with Crippen LogP contribution in [0.4, 0.5) is 0 Å². The van der Waals surface area contributed by atoms with E-state index in [4.69, 9.17) is 21.1 Å². The van der Waals surface area contributed by atoms with Crippen LogP contribution in [-0.4, -0.2) is 24.0 Å². The molecule has 1 aromatic heterocycles. The number of ether oxygens (including phenoxy) is 2. The number of methoxy groups -OCH3 is 2. The predicted octanol–water partition coefficient (Wildman–Crippen LogP) is 1.60. The van der Waals surface area contributed by atoms with E-state index in [1.54, 1.807) is 19.2 Å². The minimum atomic E-state index is -0.231. The third-order valence-electron chi connectivity index (χ3n) is 2.51. The molecule has 0 spiro atoms.